The third-order valence-electron chi connectivity index (χ3n) is 1.81. The van der Waals surface area contributed by atoms with Crippen molar-refractivity contribution in [3.05, 3.63) is 11.6 Å². The van der Waals surface area contributed by atoms with Crippen LogP contribution >= 0.6 is 11.6 Å². The van der Waals surface area contributed by atoms with Crippen molar-refractivity contribution in [3.63, 3.8) is 0 Å². The Morgan fingerprint density at radius 2 is 1.86 bits per heavy atom. The lowest BCUT2D eigenvalue weighted by molar-refractivity contribution is -0.134. The Balaban J connectivity index is 2.64. The van der Waals surface area contributed by atoms with Gasteiger partial charge in [-0.2, -0.15) is 13.2 Å². The van der Waals surface area contributed by atoms with Crippen LogP contribution in [0.4, 0.5) is 13.2 Å². The zero-order valence-corrected chi connectivity index (χ0v) is 8.23. The van der Waals surface area contributed by atoms with Crippen molar-refractivity contribution in [1.29, 1.82) is 0 Å². The number of hydrogen-bond donors (Lipinski definition) is 0. The van der Waals surface area contributed by atoms with E-state index in [1.165, 1.54) is 4.57 Å². The average Bonchev–Trinajstić information content (AvgIpc) is 2.42. The summed E-state index contributed by atoms with van der Waals surface area (Å²) in [6.45, 7) is 0. The molecule has 0 aliphatic rings. The molecule has 0 aliphatic heterocycles. The van der Waals surface area contributed by atoms with Crippen molar-refractivity contribution in [3.8, 4) is 0 Å². The first-order chi connectivity index (χ1) is 6.44. The van der Waals surface area contributed by atoms with E-state index < -0.39 is 12.6 Å². The fourth-order valence-corrected chi connectivity index (χ4v) is 1.22. The van der Waals surface area contributed by atoms with Crippen LogP contribution in [-0.4, -0.2) is 20.9 Å². The van der Waals surface area contributed by atoms with Gasteiger partial charge in [0.25, 0.3) is 0 Å². The Morgan fingerprint density at radius 3 is 2.29 bits per heavy atom. The van der Waals surface area contributed by atoms with Gasteiger partial charge in [0.15, 0.2) is 0 Å². The van der Waals surface area contributed by atoms with Gasteiger partial charge in [0.05, 0.1) is 12.3 Å². The lowest BCUT2D eigenvalue weighted by atomic mass is 10.3. The van der Waals surface area contributed by atoms with Crippen LogP contribution in [0.5, 0.6) is 0 Å². The molecule has 80 valence electrons. The van der Waals surface area contributed by atoms with Crippen molar-refractivity contribution in [1.82, 2.24) is 14.8 Å². The summed E-state index contributed by atoms with van der Waals surface area (Å²) >= 11 is 5.49. The summed E-state index contributed by atoms with van der Waals surface area (Å²) in [7, 11) is 1.60. The van der Waals surface area contributed by atoms with Crippen LogP contribution in [0, 0.1) is 0 Å². The molecule has 0 aliphatic carbocycles. The maximum atomic E-state index is 11.9. The van der Waals surface area contributed by atoms with E-state index in [2.05, 4.69) is 10.2 Å². The highest BCUT2D eigenvalue weighted by Gasteiger charge is 2.27. The summed E-state index contributed by atoms with van der Waals surface area (Å²) in [5, 5.41) is 7.27. The predicted octanol–water partition coefficient (Wildman–Crippen LogP) is 2.05. The molecule has 1 aromatic rings. The van der Waals surface area contributed by atoms with Crippen LogP contribution in [-0.2, 0) is 19.3 Å². The van der Waals surface area contributed by atoms with Crippen LogP contribution in [0.2, 0.25) is 0 Å². The third-order valence-corrected chi connectivity index (χ3v) is 2.05. The first-order valence-corrected chi connectivity index (χ1v) is 4.47. The molecule has 1 rings (SSSR count). The highest BCUT2D eigenvalue weighted by molar-refractivity contribution is 6.16. The second kappa shape index (κ2) is 4.16. The van der Waals surface area contributed by atoms with Gasteiger partial charge in [0.1, 0.15) is 11.6 Å². The summed E-state index contributed by atoms with van der Waals surface area (Å²) in [5.74, 6) is 0.928. The minimum Gasteiger partial charge on any atom is -0.317 e. The summed E-state index contributed by atoms with van der Waals surface area (Å²) in [6, 6.07) is 0. The Kier molecular flexibility index (Phi) is 3.36. The molecule has 0 N–H and O–H groups in total. The first-order valence-electron chi connectivity index (χ1n) is 3.94. The van der Waals surface area contributed by atoms with Crippen molar-refractivity contribution in [2.24, 2.45) is 7.05 Å². The molecule has 7 heteroatoms. The van der Waals surface area contributed by atoms with Crippen LogP contribution < -0.4 is 0 Å². The molecule has 0 unspecified atom stereocenters. The fraction of sp³-hybridized carbons (Fsp3) is 0.714. The van der Waals surface area contributed by atoms with Gasteiger partial charge in [-0.3, -0.25) is 0 Å². The van der Waals surface area contributed by atoms with Gasteiger partial charge in [-0.1, -0.05) is 0 Å². The summed E-state index contributed by atoms with van der Waals surface area (Å²) in [4.78, 5) is 0. The van der Waals surface area contributed by atoms with E-state index in [0.29, 0.717) is 11.6 Å². The van der Waals surface area contributed by atoms with E-state index >= 15 is 0 Å². The molecule has 0 amide bonds. The van der Waals surface area contributed by atoms with E-state index in [1.807, 2.05) is 0 Å². The van der Waals surface area contributed by atoms with Gasteiger partial charge < -0.3 is 4.57 Å². The van der Waals surface area contributed by atoms with Crippen LogP contribution in [0.15, 0.2) is 0 Å². The molecule has 3 nitrogen and oxygen atoms in total. The molecular formula is C7H9ClF3N3. The van der Waals surface area contributed by atoms with Crippen LogP contribution in [0.3, 0.4) is 0 Å². The largest absolute Gasteiger partial charge is 0.389 e. The molecule has 0 radical (unpaired) electrons. The number of nitrogens with zero attached hydrogens (tertiary/aromatic N) is 3. The van der Waals surface area contributed by atoms with Crippen LogP contribution in [0.25, 0.3) is 0 Å². The Bertz CT molecular complexity index is 308. The highest BCUT2D eigenvalue weighted by atomic mass is 35.5. The van der Waals surface area contributed by atoms with Crippen LogP contribution in [0.1, 0.15) is 18.1 Å². The van der Waals surface area contributed by atoms with Crippen molar-refractivity contribution >= 4 is 11.6 Å². The molecule has 0 spiro atoms. The number of aromatic nitrogens is 3. The van der Waals surface area contributed by atoms with Gasteiger partial charge in [0.2, 0.25) is 0 Å². The number of halogens is 4. The summed E-state index contributed by atoms with van der Waals surface area (Å²) in [6.07, 6.45) is -5.21. The molecular weight excluding hydrogens is 219 g/mol. The van der Waals surface area contributed by atoms with Crippen molar-refractivity contribution < 1.29 is 13.2 Å². The van der Waals surface area contributed by atoms with Gasteiger partial charge >= 0.3 is 6.18 Å². The SMILES string of the molecule is Cn1c(CCl)nnc1CCC(F)(F)F. The maximum Gasteiger partial charge on any atom is 0.389 e. The van der Waals surface area contributed by atoms with Gasteiger partial charge in [0, 0.05) is 13.5 Å². The normalized spacial score (nSPS) is 12.1. The molecule has 0 saturated carbocycles. The Hall–Kier alpha value is -0.780. The quantitative estimate of drug-likeness (QED) is 0.740. The molecule has 0 aromatic carbocycles. The van der Waals surface area contributed by atoms with E-state index in [0.717, 1.165) is 0 Å². The number of aryl methyl sites for hydroxylation is 1. The maximum absolute atomic E-state index is 11.9. The molecule has 0 atom stereocenters. The van der Waals surface area contributed by atoms with E-state index in [-0.39, 0.29) is 12.3 Å². The Labute approximate surface area is 83.9 Å². The molecule has 1 aromatic heterocycles. The molecule has 14 heavy (non-hydrogen) atoms. The summed E-state index contributed by atoms with van der Waals surface area (Å²) < 4.78 is 37.1. The highest BCUT2D eigenvalue weighted by Crippen LogP contribution is 2.21. The monoisotopic (exact) mass is 227 g/mol. The first kappa shape index (κ1) is 11.3. The van der Waals surface area contributed by atoms with Crippen molar-refractivity contribution in [2.75, 3.05) is 0 Å². The third kappa shape index (κ3) is 2.87. The van der Waals surface area contributed by atoms with E-state index in [1.54, 1.807) is 7.05 Å². The van der Waals surface area contributed by atoms with E-state index in [9.17, 15) is 13.2 Å². The molecule has 0 saturated heterocycles. The predicted molar refractivity (Wildman–Crippen MR) is 44.9 cm³/mol. The number of alkyl halides is 4. The molecule has 1 heterocycles. The standard InChI is InChI=1S/C7H9ClF3N3/c1-14-5(2-3-7(9,10)11)12-13-6(14)4-8/h2-4H2,1H3. The van der Waals surface area contributed by atoms with Crippen molar-refractivity contribution in [2.45, 2.75) is 24.9 Å². The zero-order valence-electron chi connectivity index (χ0n) is 7.47. The minimum absolute atomic E-state index is 0.148. The smallest absolute Gasteiger partial charge is 0.317 e. The van der Waals surface area contributed by atoms with Gasteiger partial charge in [-0.25, -0.2) is 0 Å². The minimum atomic E-state index is -4.16. The molecule has 0 bridgehead atoms. The Morgan fingerprint density at radius 1 is 1.29 bits per heavy atom. The lowest BCUT2D eigenvalue weighted by Gasteiger charge is -2.05. The second-order valence-corrected chi connectivity index (χ2v) is 3.11. The van der Waals surface area contributed by atoms with Gasteiger partial charge in [-0.15, -0.1) is 21.8 Å². The average molecular weight is 228 g/mol. The summed E-state index contributed by atoms with van der Waals surface area (Å²) in [5.41, 5.74) is 0. The molecule has 0 fully saturated rings. The topological polar surface area (TPSA) is 30.7 Å². The lowest BCUT2D eigenvalue weighted by Crippen LogP contribution is -2.11. The fourth-order valence-electron chi connectivity index (χ4n) is 0.986. The van der Waals surface area contributed by atoms with E-state index in [4.69, 9.17) is 11.6 Å². The number of rotatable bonds is 3. The number of hydrogen-bond acceptors (Lipinski definition) is 2. The second-order valence-electron chi connectivity index (χ2n) is 2.84. The zero-order chi connectivity index (χ0) is 10.8. The van der Waals surface area contributed by atoms with Gasteiger partial charge in [-0.05, 0) is 0 Å².